The van der Waals surface area contributed by atoms with Crippen LogP contribution in [0.2, 0.25) is 0 Å². The van der Waals surface area contributed by atoms with Gasteiger partial charge in [-0.3, -0.25) is 4.79 Å². The molecule has 0 radical (unpaired) electrons. The normalized spacial score (nSPS) is 29.8. The Labute approximate surface area is 122 Å². The molecule has 120 valence electrons. The van der Waals surface area contributed by atoms with Gasteiger partial charge in [0, 0.05) is 6.42 Å². The molecule has 21 heavy (non-hydrogen) atoms. The van der Waals surface area contributed by atoms with E-state index in [-0.39, 0.29) is 12.8 Å². The van der Waals surface area contributed by atoms with Gasteiger partial charge in [0.25, 0.3) is 5.92 Å². The lowest BCUT2D eigenvalue weighted by atomic mass is 9.78. The first-order valence-electron chi connectivity index (χ1n) is 7.08. The van der Waals surface area contributed by atoms with E-state index >= 15 is 0 Å². The van der Waals surface area contributed by atoms with Crippen LogP contribution in [0.3, 0.4) is 0 Å². The molecule has 2 aliphatic carbocycles. The van der Waals surface area contributed by atoms with Crippen LogP contribution in [0.1, 0.15) is 52.9 Å². The second-order valence-corrected chi connectivity index (χ2v) is 7.01. The Balaban J connectivity index is 2.26. The largest absolute Gasteiger partial charge is 0.481 e. The number of carbonyl (C=O) groups excluding carboxylic acids is 1. The maximum atomic E-state index is 13.8. The number of alkyl halides is 2. The SMILES string of the molecule is CC(C)(C)OC(=O)NC1(C2(C(=O)O)CC2(F)F)CCCC1. The smallest absolute Gasteiger partial charge is 0.408 e. The van der Waals surface area contributed by atoms with Gasteiger partial charge >= 0.3 is 12.1 Å². The van der Waals surface area contributed by atoms with Crippen LogP contribution in [0.25, 0.3) is 0 Å². The molecular formula is C14H21F2NO4. The molecule has 5 nitrogen and oxygen atoms in total. The van der Waals surface area contributed by atoms with Gasteiger partial charge in [-0.05, 0) is 33.6 Å². The maximum absolute atomic E-state index is 13.8. The number of aliphatic carboxylic acids is 1. The minimum atomic E-state index is -3.29. The molecule has 2 fully saturated rings. The zero-order valence-corrected chi connectivity index (χ0v) is 12.5. The van der Waals surface area contributed by atoms with Crippen LogP contribution in [0, 0.1) is 5.41 Å². The van der Waals surface area contributed by atoms with Gasteiger partial charge in [-0.15, -0.1) is 0 Å². The van der Waals surface area contributed by atoms with E-state index in [4.69, 9.17) is 4.74 Å². The van der Waals surface area contributed by atoms with Gasteiger partial charge in [0.2, 0.25) is 0 Å². The molecule has 1 amide bonds. The molecule has 0 aliphatic heterocycles. The zero-order chi connectivity index (χ0) is 16.1. The molecule has 1 unspecified atom stereocenters. The quantitative estimate of drug-likeness (QED) is 0.840. The highest BCUT2D eigenvalue weighted by atomic mass is 19.3. The number of nitrogens with one attached hydrogen (secondary N) is 1. The van der Waals surface area contributed by atoms with E-state index in [0.29, 0.717) is 12.8 Å². The Morgan fingerprint density at radius 3 is 2.00 bits per heavy atom. The van der Waals surface area contributed by atoms with Crippen molar-refractivity contribution in [2.75, 3.05) is 0 Å². The first-order valence-corrected chi connectivity index (χ1v) is 7.08. The lowest BCUT2D eigenvalue weighted by molar-refractivity contribution is -0.152. The summed E-state index contributed by atoms with van der Waals surface area (Å²) in [7, 11) is 0. The number of carboxylic acids is 1. The molecule has 0 aromatic rings. The number of carbonyl (C=O) groups is 2. The summed E-state index contributed by atoms with van der Waals surface area (Å²) >= 11 is 0. The molecule has 2 saturated carbocycles. The van der Waals surface area contributed by atoms with E-state index in [1.165, 1.54) is 0 Å². The number of carboxylic acid groups (broad SMARTS) is 1. The Kier molecular flexibility index (Phi) is 3.46. The summed E-state index contributed by atoms with van der Waals surface area (Å²) in [5.74, 6) is -4.84. The molecule has 0 heterocycles. The number of ether oxygens (including phenoxy) is 1. The fourth-order valence-corrected chi connectivity index (χ4v) is 3.38. The lowest BCUT2D eigenvalue weighted by Gasteiger charge is -2.37. The van der Waals surface area contributed by atoms with E-state index in [2.05, 4.69) is 5.32 Å². The average molecular weight is 305 g/mol. The first kappa shape index (κ1) is 16.0. The molecule has 2 rings (SSSR count). The van der Waals surface area contributed by atoms with Crippen LogP contribution in [0.15, 0.2) is 0 Å². The third kappa shape index (κ3) is 2.46. The van der Waals surface area contributed by atoms with Gasteiger partial charge in [0.15, 0.2) is 5.41 Å². The Hall–Kier alpha value is -1.40. The first-order chi connectivity index (χ1) is 9.46. The van der Waals surface area contributed by atoms with Gasteiger partial charge in [0.05, 0.1) is 5.54 Å². The Morgan fingerprint density at radius 2 is 1.67 bits per heavy atom. The van der Waals surface area contributed by atoms with Crippen molar-refractivity contribution in [1.29, 1.82) is 0 Å². The monoisotopic (exact) mass is 305 g/mol. The predicted octanol–water partition coefficient (Wildman–Crippen LogP) is 2.93. The number of alkyl carbamates (subject to hydrolysis) is 1. The van der Waals surface area contributed by atoms with Gasteiger partial charge < -0.3 is 15.2 Å². The van der Waals surface area contributed by atoms with Gasteiger partial charge in [-0.1, -0.05) is 12.8 Å². The molecule has 0 aromatic heterocycles. The summed E-state index contributed by atoms with van der Waals surface area (Å²) < 4.78 is 32.7. The predicted molar refractivity (Wildman–Crippen MR) is 70.2 cm³/mol. The second kappa shape index (κ2) is 4.55. The van der Waals surface area contributed by atoms with Crippen LogP contribution in [-0.4, -0.2) is 34.2 Å². The average Bonchev–Trinajstić information content (AvgIpc) is 2.66. The summed E-state index contributed by atoms with van der Waals surface area (Å²) in [4.78, 5) is 23.4. The highest BCUT2D eigenvalue weighted by Gasteiger charge is 2.84. The van der Waals surface area contributed by atoms with Crippen molar-refractivity contribution in [3.8, 4) is 0 Å². The van der Waals surface area contributed by atoms with Crippen LogP contribution in [-0.2, 0) is 9.53 Å². The van der Waals surface area contributed by atoms with Gasteiger partial charge in [0.1, 0.15) is 5.60 Å². The van der Waals surface area contributed by atoms with E-state index in [1.54, 1.807) is 20.8 Å². The Morgan fingerprint density at radius 1 is 1.19 bits per heavy atom. The van der Waals surface area contributed by atoms with Gasteiger partial charge in [-0.2, -0.15) is 0 Å². The highest BCUT2D eigenvalue weighted by molar-refractivity contribution is 5.84. The van der Waals surface area contributed by atoms with Crippen molar-refractivity contribution in [1.82, 2.24) is 5.32 Å². The van der Waals surface area contributed by atoms with E-state index in [9.17, 15) is 23.5 Å². The van der Waals surface area contributed by atoms with Crippen molar-refractivity contribution in [2.24, 2.45) is 5.41 Å². The number of amides is 1. The van der Waals surface area contributed by atoms with E-state index < -0.39 is 41.0 Å². The molecule has 7 heteroatoms. The molecular weight excluding hydrogens is 284 g/mol. The fraction of sp³-hybridized carbons (Fsp3) is 0.857. The number of hydrogen-bond acceptors (Lipinski definition) is 3. The van der Waals surface area contributed by atoms with Crippen LogP contribution in [0.5, 0.6) is 0 Å². The van der Waals surface area contributed by atoms with E-state index in [1.807, 2.05) is 0 Å². The molecule has 2 N–H and O–H groups in total. The van der Waals surface area contributed by atoms with Gasteiger partial charge in [-0.25, -0.2) is 13.6 Å². The highest BCUT2D eigenvalue weighted by Crippen LogP contribution is 2.69. The third-order valence-electron chi connectivity index (χ3n) is 4.37. The topological polar surface area (TPSA) is 75.6 Å². The zero-order valence-electron chi connectivity index (χ0n) is 12.5. The lowest BCUT2D eigenvalue weighted by Crippen LogP contribution is -2.58. The number of rotatable bonds is 3. The standard InChI is InChI=1S/C14H21F2NO4/c1-11(2,3)21-10(20)17-12(6-4-5-7-12)13(9(18)19)8-14(13,15)16/h4-8H2,1-3H3,(H,17,20)(H,18,19). The van der Waals surface area contributed by atoms with Crippen LogP contribution < -0.4 is 5.32 Å². The summed E-state index contributed by atoms with van der Waals surface area (Å²) in [5, 5.41) is 11.8. The maximum Gasteiger partial charge on any atom is 0.408 e. The Bertz CT molecular complexity index is 466. The van der Waals surface area contributed by atoms with Crippen LogP contribution in [0.4, 0.5) is 13.6 Å². The molecule has 2 aliphatic rings. The summed E-state index contributed by atoms with van der Waals surface area (Å²) in [6.45, 7) is 4.98. The van der Waals surface area contributed by atoms with Crippen molar-refractivity contribution in [3.05, 3.63) is 0 Å². The summed E-state index contributed by atoms with van der Waals surface area (Å²) in [5.41, 5.74) is -4.40. The third-order valence-corrected chi connectivity index (χ3v) is 4.37. The molecule has 0 saturated heterocycles. The van der Waals surface area contributed by atoms with Crippen molar-refractivity contribution < 1.29 is 28.2 Å². The van der Waals surface area contributed by atoms with E-state index in [0.717, 1.165) is 0 Å². The summed E-state index contributed by atoms with van der Waals surface area (Å²) in [6, 6.07) is 0. The molecule has 0 spiro atoms. The number of halogens is 2. The summed E-state index contributed by atoms with van der Waals surface area (Å²) in [6.07, 6.45) is 0.114. The second-order valence-electron chi connectivity index (χ2n) is 7.01. The van der Waals surface area contributed by atoms with Crippen LogP contribution >= 0.6 is 0 Å². The minimum Gasteiger partial charge on any atom is -0.481 e. The molecule has 1 atom stereocenters. The molecule has 0 aromatic carbocycles. The van der Waals surface area contributed by atoms with Crippen molar-refractivity contribution >= 4 is 12.1 Å². The van der Waals surface area contributed by atoms with Crippen molar-refractivity contribution in [2.45, 2.75) is 69.9 Å². The van der Waals surface area contributed by atoms with Crippen molar-refractivity contribution in [3.63, 3.8) is 0 Å². The number of hydrogen-bond donors (Lipinski definition) is 2. The minimum absolute atomic E-state index is 0.230. The fourth-order valence-electron chi connectivity index (χ4n) is 3.38. The molecule has 0 bridgehead atoms.